The van der Waals surface area contributed by atoms with Crippen LogP contribution in [0.15, 0.2) is 86.3 Å². The van der Waals surface area contributed by atoms with Crippen LogP contribution < -0.4 is 9.20 Å². The van der Waals surface area contributed by atoms with Crippen LogP contribution in [0.2, 0.25) is 5.32 Å². The molecule has 0 saturated carbocycles. The molecular formula is C27H32OS2Se. The third kappa shape index (κ3) is 6.83. The number of rotatable bonds is 9. The van der Waals surface area contributed by atoms with Gasteiger partial charge in [0.25, 0.3) is 0 Å². The average Bonchev–Trinajstić information content (AvgIpc) is 2.76. The number of methoxy groups -OCH3 is 1. The van der Waals surface area contributed by atoms with Gasteiger partial charge in [-0.1, -0.05) is 0 Å². The number of ether oxygens (including phenoxy) is 1. The van der Waals surface area contributed by atoms with E-state index in [0.29, 0.717) is 15.0 Å². The Balaban J connectivity index is 1.89. The Bertz CT molecular complexity index is 995. The molecule has 0 radical (unpaired) electrons. The van der Waals surface area contributed by atoms with E-state index < -0.39 is 0 Å². The predicted molar refractivity (Wildman–Crippen MR) is 138 cm³/mol. The van der Waals surface area contributed by atoms with Gasteiger partial charge in [0.2, 0.25) is 0 Å². The van der Waals surface area contributed by atoms with E-state index >= 15 is 0 Å². The van der Waals surface area contributed by atoms with Crippen LogP contribution in [0.4, 0.5) is 0 Å². The first kappa shape index (κ1) is 24.3. The average molecular weight is 516 g/mol. The zero-order valence-corrected chi connectivity index (χ0v) is 22.5. The fraction of sp³-hybridized carbons (Fsp3) is 0.333. The van der Waals surface area contributed by atoms with E-state index in [-0.39, 0.29) is 5.41 Å². The summed E-state index contributed by atoms with van der Waals surface area (Å²) in [6.07, 6.45) is 2.58. The second-order valence-electron chi connectivity index (χ2n) is 8.42. The topological polar surface area (TPSA) is 9.23 Å². The van der Waals surface area contributed by atoms with Crippen molar-refractivity contribution in [3.05, 3.63) is 72.3 Å². The van der Waals surface area contributed by atoms with Gasteiger partial charge in [-0.05, 0) is 0 Å². The van der Waals surface area contributed by atoms with Crippen LogP contribution in [0, 0.1) is 0 Å². The zero-order valence-electron chi connectivity index (χ0n) is 19.1. The van der Waals surface area contributed by atoms with Crippen molar-refractivity contribution in [3.63, 3.8) is 0 Å². The first-order valence-corrected chi connectivity index (χ1v) is 14.5. The second-order valence-corrected chi connectivity index (χ2v) is 13.0. The van der Waals surface area contributed by atoms with Gasteiger partial charge in [-0.25, -0.2) is 0 Å². The molecule has 0 amide bonds. The molecule has 0 spiro atoms. The summed E-state index contributed by atoms with van der Waals surface area (Å²) in [5, 5.41) is 1.31. The molecule has 3 aromatic carbocycles. The molecular weight excluding hydrogens is 483 g/mol. The summed E-state index contributed by atoms with van der Waals surface area (Å²) in [6, 6.07) is 24.2. The first-order valence-electron chi connectivity index (χ1n) is 10.8. The molecule has 0 saturated heterocycles. The maximum absolute atomic E-state index is 5.69. The minimum atomic E-state index is 0.107. The molecule has 0 fully saturated rings. The van der Waals surface area contributed by atoms with E-state index in [1.807, 2.05) is 11.8 Å². The molecule has 31 heavy (non-hydrogen) atoms. The van der Waals surface area contributed by atoms with Gasteiger partial charge in [-0.2, -0.15) is 0 Å². The molecule has 0 heterocycles. The summed E-state index contributed by atoms with van der Waals surface area (Å²) in [6.45, 7) is 9.03. The monoisotopic (exact) mass is 516 g/mol. The van der Waals surface area contributed by atoms with Crippen LogP contribution >= 0.6 is 23.5 Å². The van der Waals surface area contributed by atoms with Crippen molar-refractivity contribution in [1.29, 1.82) is 0 Å². The van der Waals surface area contributed by atoms with Crippen molar-refractivity contribution in [2.45, 2.75) is 70.9 Å². The Kier molecular flexibility index (Phi) is 9.04. The van der Waals surface area contributed by atoms with Crippen LogP contribution in [0.25, 0.3) is 0 Å². The Hall–Kier alpha value is -1.32. The van der Waals surface area contributed by atoms with Crippen molar-refractivity contribution in [2.24, 2.45) is 0 Å². The number of unbranched alkanes of at least 4 members (excludes halogenated alkanes) is 1. The van der Waals surface area contributed by atoms with Crippen molar-refractivity contribution in [1.82, 2.24) is 0 Å². The first-order chi connectivity index (χ1) is 14.9. The van der Waals surface area contributed by atoms with E-state index in [2.05, 4.69) is 94.4 Å². The number of hydrogen-bond acceptors (Lipinski definition) is 3. The normalized spacial score (nSPS) is 11.5. The van der Waals surface area contributed by atoms with Crippen LogP contribution in [0.3, 0.4) is 0 Å². The summed E-state index contributed by atoms with van der Waals surface area (Å²) in [7, 11) is 1.76. The Morgan fingerprint density at radius 2 is 1.42 bits per heavy atom. The molecule has 0 aliphatic carbocycles. The molecule has 3 aromatic rings. The Labute approximate surface area is 202 Å². The van der Waals surface area contributed by atoms with Crippen LogP contribution in [0.1, 0.15) is 46.1 Å². The van der Waals surface area contributed by atoms with Gasteiger partial charge in [-0.3, -0.25) is 0 Å². The number of benzene rings is 3. The molecule has 0 N–H and O–H groups in total. The van der Waals surface area contributed by atoms with Crippen LogP contribution in [-0.4, -0.2) is 22.1 Å². The van der Waals surface area contributed by atoms with Gasteiger partial charge in [0.1, 0.15) is 0 Å². The van der Waals surface area contributed by atoms with Gasteiger partial charge in [0, 0.05) is 0 Å². The molecule has 0 unspecified atom stereocenters. The van der Waals surface area contributed by atoms with Gasteiger partial charge in [-0.15, -0.1) is 0 Å². The summed E-state index contributed by atoms with van der Waals surface area (Å²) >= 11 is 4.23. The standard InChI is InChI=1S/C27H32OS2Se/c1-6-7-18-31-26-15-11-10-14-24(26)29-22-12-8-9-13-23(22)30-25-19-20(27(2,3)4)16-17-21(25)28-5/h8-17,19H,6-7,18H2,1-5H3. The predicted octanol–water partition coefficient (Wildman–Crippen LogP) is 7.84. The molecule has 0 aromatic heterocycles. The van der Waals surface area contributed by atoms with Crippen molar-refractivity contribution >= 4 is 42.9 Å². The second kappa shape index (κ2) is 11.5. The van der Waals surface area contributed by atoms with E-state index in [4.69, 9.17) is 4.74 Å². The fourth-order valence-corrected chi connectivity index (χ4v) is 7.91. The Morgan fingerprint density at radius 1 is 0.806 bits per heavy atom. The zero-order chi connectivity index (χ0) is 22.3. The van der Waals surface area contributed by atoms with Gasteiger partial charge >= 0.3 is 204 Å². The van der Waals surface area contributed by atoms with Crippen molar-refractivity contribution < 1.29 is 4.74 Å². The van der Waals surface area contributed by atoms with Crippen molar-refractivity contribution in [3.8, 4) is 5.75 Å². The number of hydrogen-bond donors (Lipinski definition) is 0. The summed E-state index contributed by atoms with van der Waals surface area (Å²) in [5.41, 5.74) is 1.43. The van der Waals surface area contributed by atoms with E-state index in [1.165, 1.54) is 47.8 Å². The minimum absolute atomic E-state index is 0.107. The molecule has 0 bridgehead atoms. The summed E-state index contributed by atoms with van der Waals surface area (Å²) in [5.74, 6) is 0.932. The SMILES string of the molecule is CCCC[Se]c1ccccc1Sc1ccccc1Sc1cc(C(C)(C)C)ccc1OC. The molecule has 1 nitrogen and oxygen atoms in total. The molecule has 0 aliphatic heterocycles. The fourth-order valence-electron chi connectivity index (χ4n) is 3.06. The molecule has 3 rings (SSSR count). The molecule has 164 valence electrons. The van der Waals surface area contributed by atoms with Gasteiger partial charge < -0.3 is 0 Å². The van der Waals surface area contributed by atoms with Crippen molar-refractivity contribution in [2.75, 3.05) is 7.11 Å². The third-order valence-electron chi connectivity index (χ3n) is 4.92. The van der Waals surface area contributed by atoms with Gasteiger partial charge in [0.05, 0.1) is 0 Å². The maximum atomic E-state index is 5.69. The summed E-state index contributed by atoms with van der Waals surface area (Å²) in [4.78, 5) is 5.13. The third-order valence-corrected chi connectivity index (χ3v) is 10.0. The van der Waals surface area contributed by atoms with Crippen LogP contribution in [0.5, 0.6) is 5.75 Å². The van der Waals surface area contributed by atoms with E-state index in [1.54, 1.807) is 18.9 Å². The van der Waals surface area contributed by atoms with E-state index in [0.717, 1.165) is 5.75 Å². The van der Waals surface area contributed by atoms with Crippen LogP contribution in [-0.2, 0) is 5.41 Å². The molecule has 0 atom stereocenters. The van der Waals surface area contributed by atoms with Gasteiger partial charge in [0.15, 0.2) is 0 Å². The quantitative estimate of drug-likeness (QED) is 0.212. The molecule has 0 aliphatic rings. The molecule has 4 heteroatoms. The van der Waals surface area contributed by atoms with E-state index in [9.17, 15) is 0 Å². The summed E-state index contributed by atoms with van der Waals surface area (Å²) < 4.78 is 7.21. The Morgan fingerprint density at radius 3 is 2.03 bits per heavy atom.